The number of phenols is 1. The molecule has 1 aromatic carbocycles. The average Bonchev–Trinajstić information content (AvgIpc) is 3.14. The Morgan fingerprint density at radius 1 is 1.24 bits per heavy atom. The number of phenolic OH excluding ortho intramolecular Hbond substituents is 1. The Hall–Kier alpha value is -2.40. The molecule has 2 aromatic heterocycles. The van der Waals surface area contributed by atoms with E-state index in [4.69, 9.17) is 4.98 Å². The van der Waals surface area contributed by atoms with Gasteiger partial charge in [-0.05, 0) is 43.7 Å². The summed E-state index contributed by atoms with van der Waals surface area (Å²) in [5.41, 5.74) is 2.59. The second kappa shape index (κ2) is 4.86. The second-order valence-corrected chi connectivity index (χ2v) is 5.32. The molecule has 1 atom stereocenters. The molecule has 21 heavy (non-hydrogen) atoms. The van der Waals surface area contributed by atoms with Gasteiger partial charge in [-0.2, -0.15) is 0 Å². The van der Waals surface area contributed by atoms with Gasteiger partial charge in [-0.1, -0.05) is 6.07 Å². The lowest BCUT2D eigenvalue weighted by Gasteiger charge is -2.13. The summed E-state index contributed by atoms with van der Waals surface area (Å²) in [6.07, 6.45) is 4.00. The Morgan fingerprint density at radius 3 is 3.00 bits per heavy atom. The van der Waals surface area contributed by atoms with Gasteiger partial charge in [-0.25, -0.2) is 9.97 Å². The summed E-state index contributed by atoms with van der Waals surface area (Å²) < 4.78 is 2.04. The maximum absolute atomic E-state index is 9.77. The van der Waals surface area contributed by atoms with Crippen molar-refractivity contribution in [3.05, 3.63) is 48.4 Å². The van der Waals surface area contributed by atoms with Gasteiger partial charge >= 0.3 is 0 Å². The first-order valence-corrected chi connectivity index (χ1v) is 7.19. The molecule has 5 nitrogen and oxygen atoms in total. The van der Waals surface area contributed by atoms with Crippen LogP contribution in [0.3, 0.4) is 0 Å². The number of imidazole rings is 1. The highest BCUT2D eigenvalue weighted by Crippen LogP contribution is 2.29. The summed E-state index contributed by atoms with van der Waals surface area (Å²) in [4.78, 5) is 9.23. The fraction of sp³-hybridized carbons (Fsp3) is 0.250. The predicted molar refractivity (Wildman–Crippen MR) is 80.5 cm³/mol. The zero-order valence-corrected chi connectivity index (χ0v) is 11.5. The average molecular weight is 280 g/mol. The summed E-state index contributed by atoms with van der Waals surface area (Å²) in [6.45, 7) is 1.02. The van der Waals surface area contributed by atoms with E-state index < -0.39 is 0 Å². The smallest absolute Gasteiger partial charge is 0.164 e. The number of hydrogen-bond donors (Lipinski definition) is 2. The van der Waals surface area contributed by atoms with Crippen molar-refractivity contribution in [2.75, 3.05) is 6.54 Å². The first-order chi connectivity index (χ1) is 10.3. The van der Waals surface area contributed by atoms with E-state index in [0.717, 1.165) is 42.1 Å². The number of nitrogens with zero attached hydrogens (tertiary/aromatic N) is 3. The molecule has 106 valence electrons. The standard InChI is InChI=1S/C16H16N4O/c21-12-5-1-4-11(10-12)20-15-14(7-3-9-18-15)19-16(20)13-6-2-8-17-13/h1,3-5,7,9-10,13,17,21H,2,6,8H2. The first kappa shape index (κ1) is 12.3. The second-order valence-electron chi connectivity index (χ2n) is 5.32. The molecule has 1 unspecified atom stereocenters. The zero-order chi connectivity index (χ0) is 14.2. The Bertz CT molecular complexity index is 790. The molecule has 0 spiro atoms. The van der Waals surface area contributed by atoms with Gasteiger partial charge in [0, 0.05) is 12.3 Å². The van der Waals surface area contributed by atoms with Crippen molar-refractivity contribution >= 4 is 11.2 Å². The van der Waals surface area contributed by atoms with Gasteiger partial charge in [0.25, 0.3) is 0 Å². The number of aromatic hydroxyl groups is 1. The van der Waals surface area contributed by atoms with Crippen LogP contribution < -0.4 is 5.32 Å². The van der Waals surface area contributed by atoms with Crippen molar-refractivity contribution in [2.45, 2.75) is 18.9 Å². The number of pyridine rings is 1. The van der Waals surface area contributed by atoms with Crippen LogP contribution in [0.5, 0.6) is 5.75 Å². The van der Waals surface area contributed by atoms with Crippen molar-refractivity contribution in [2.24, 2.45) is 0 Å². The third kappa shape index (κ3) is 2.06. The molecule has 1 aliphatic heterocycles. The molecular formula is C16H16N4O. The number of aromatic nitrogens is 3. The highest BCUT2D eigenvalue weighted by molar-refractivity contribution is 5.74. The van der Waals surface area contributed by atoms with E-state index in [9.17, 15) is 5.11 Å². The van der Waals surface area contributed by atoms with Crippen molar-refractivity contribution in [1.29, 1.82) is 0 Å². The highest BCUT2D eigenvalue weighted by Gasteiger charge is 2.24. The number of fused-ring (bicyclic) bond motifs is 1. The lowest BCUT2D eigenvalue weighted by atomic mass is 10.2. The molecule has 0 saturated carbocycles. The fourth-order valence-electron chi connectivity index (χ4n) is 2.96. The number of nitrogens with one attached hydrogen (secondary N) is 1. The fourth-order valence-corrected chi connectivity index (χ4v) is 2.96. The van der Waals surface area contributed by atoms with E-state index in [1.807, 2.05) is 28.8 Å². The highest BCUT2D eigenvalue weighted by atomic mass is 16.3. The monoisotopic (exact) mass is 280 g/mol. The topological polar surface area (TPSA) is 63.0 Å². The minimum atomic E-state index is 0.238. The zero-order valence-electron chi connectivity index (χ0n) is 11.5. The maximum atomic E-state index is 9.77. The van der Waals surface area contributed by atoms with Crippen molar-refractivity contribution in [1.82, 2.24) is 19.9 Å². The lowest BCUT2D eigenvalue weighted by molar-refractivity contribution is 0.475. The van der Waals surface area contributed by atoms with E-state index in [-0.39, 0.29) is 11.8 Å². The largest absolute Gasteiger partial charge is 0.508 e. The Balaban J connectivity index is 1.98. The predicted octanol–water partition coefficient (Wildman–Crippen LogP) is 2.55. The van der Waals surface area contributed by atoms with Gasteiger partial charge in [-0.3, -0.25) is 4.57 Å². The quantitative estimate of drug-likeness (QED) is 0.757. The first-order valence-electron chi connectivity index (χ1n) is 7.19. The lowest BCUT2D eigenvalue weighted by Crippen LogP contribution is -2.17. The Labute approximate surface area is 122 Å². The van der Waals surface area contributed by atoms with Crippen LogP contribution in [-0.2, 0) is 0 Å². The van der Waals surface area contributed by atoms with Crippen molar-refractivity contribution < 1.29 is 5.11 Å². The van der Waals surface area contributed by atoms with E-state index in [0.29, 0.717) is 0 Å². The van der Waals surface area contributed by atoms with Gasteiger partial charge in [-0.15, -0.1) is 0 Å². The molecule has 1 saturated heterocycles. The molecule has 5 heteroatoms. The van der Waals surface area contributed by atoms with Gasteiger partial charge in [0.05, 0.1) is 11.7 Å². The molecular weight excluding hydrogens is 264 g/mol. The molecule has 0 radical (unpaired) electrons. The SMILES string of the molecule is Oc1cccc(-n2c(C3CCCN3)nc3cccnc32)c1. The summed E-state index contributed by atoms with van der Waals surface area (Å²) in [7, 11) is 0. The molecule has 4 rings (SSSR count). The molecule has 1 fully saturated rings. The van der Waals surface area contributed by atoms with Crippen LogP contribution in [0.15, 0.2) is 42.6 Å². The molecule has 3 aromatic rings. The summed E-state index contributed by atoms with van der Waals surface area (Å²) in [6, 6.07) is 11.3. The van der Waals surface area contributed by atoms with Crippen molar-refractivity contribution in [3.63, 3.8) is 0 Å². The molecule has 1 aliphatic rings. The van der Waals surface area contributed by atoms with Crippen LogP contribution in [-0.4, -0.2) is 26.2 Å². The minimum absolute atomic E-state index is 0.238. The number of hydrogen-bond acceptors (Lipinski definition) is 4. The summed E-state index contributed by atoms with van der Waals surface area (Å²) >= 11 is 0. The van der Waals surface area contributed by atoms with E-state index in [1.165, 1.54) is 0 Å². The molecule has 2 N–H and O–H groups in total. The van der Waals surface area contributed by atoms with Gasteiger partial charge in [0.15, 0.2) is 5.65 Å². The van der Waals surface area contributed by atoms with Crippen LogP contribution in [0.2, 0.25) is 0 Å². The van der Waals surface area contributed by atoms with Crippen LogP contribution in [0.25, 0.3) is 16.9 Å². The Morgan fingerprint density at radius 2 is 2.19 bits per heavy atom. The summed E-state index contributed by atoms with van der Waals surface area (Å²) in [5, 5.41) is 13.3. The van der Waals surface area contributed by atoms with Crippen LogP contribution >= 0.6 is 0 Å². The minimum Gasteiger partial charge on any atom is -0.508 e. The van der Waals surface area contributed by atoms with Gasteiger partial charge < -0.3 is 10.4 Å². The molecule has 0 bridgehead atoms. The molecule has 0 aliphatic carbocycles. The van der Waals surface area contributed by atoms with E-state index >= 15 is 0 Å². The summed E-state index contributed by atoms with van der Waals surface area (Å²) in [5.74, 6) is 1.21. The molecule has 0 amide bonds. The van der Waals surface area contributed by atoms with E-state index in [1.54, 1.807) is 18.3 Å². The number of rotatable bonds is 2. The Kier molecular flexibility index (Phi) is 2.86. The number of benzene rings is 1. The molecule has 3 heterocycles. The van der Waals surface area contributed by atoms with Crippen LogP contribution in [0.4, 0.5) is 0 Å². The maximum Gasteiger partial charge on any atom is 0.164 e. The van der Waals surface area contributed by atoms with Crippen LogP contribution in [0.1, 0.15) is 24.7 Å². The van der Waals surface area contributed by atoms with Gasteiger partial charge in [0.1, 0.15) is 17.1 Å². The normalized spacial score (nSPS) is 18.4. The third-order valence-corrected chi connectivity index (χ3v) is 3.90. The third-order valence-electron chi connectivity index (χ3n) is 3.90. The van der Waals surface area contributed by atoms with Crippen molar-refractivity contribution in [3.8, 4) is 11.4 Å². The van der Waals surface area contributed by atoms with Gasteiger partial charge in [0.2, 0.25) is 0 Å². The van der Waals surface area contributed by atoms with E-state index in [2.05, 4.69) is 10.3 Å². The van der Waals surface area contributed by atoms with Crippen LogP contribution in [0, 0.1) is 0 Å².